The molecule has 0 aromatic carbocycles. The van der Waals surface area contributed by atoms with Crippen molar-refractivity contribution in [3.05, 3.63) is 15.8 Å². The van der Waals surface area contributed by atoms with E-state index in [1.165, 1.54) is 7.11 Å². The molecule has 0 aliphatic carbocycles. The van der Waals surface area contributed by atoms with E-state index >= 15 is 0 Å². The molecule has 0 saturated carbocycles. The third kappa shape index (κ3) is 4.53. The lowest BCUT2D eigenvalue weighted by Gasteiger charge is -2.10. The number of carbonyl (C=O) groups is 1. The van der Waals surface area contributed by atoms with E-state index in [0.29, 0.717) is 4.88 Å². The molecular formula is C11H17NO6S2. The molecule has 0 saturated heterocycles. The fraction of sp³-hybridized carbons (Fsp3) is 0.545. The molecule has 1 aromatic heterocycles. The van der Waals surface area contributed by atoms with Gasteiger partial charge in [-0.1, -0.05) is 0 Å². The summed E-state index contributed by atoms with van der Waals surface area (Å²) in [6.45, 7) is 1.72. The molecule has 1 rings (SSSR count). The summed E-state index contributed by atoms with van der Waals surface area (Å²) in [6.07, 6.45) is -0.539. The van der Waals surface area contributed by atoms with Gasteiger partial charge in [-0.3, -0.25) is 0 Å². The smallest absolute Gasteiger partial charge is 0.345 e. The van der Waals surface area contributed by atoms with Gasteiger partial charge in [0.2, 0.25) is 10.0 Å². The van der Waals surface area contributed by atoms with E-state index in [4.69, 9.17) is 9.84 Å². The van der Waals surface area contributed by atoms with Gasteiger partial charge in [0, 0.05) is 18.5 Å². The average Bonchev–Trinajstić information content (AvgIpc) is 2.72. The number of aryl methyl sites for hydroxylation is 1. The number of methoxy groups -OCH3 is 1. The number of carboxylic acids is 1. The van der Waals surface area contributed by atoms with E-state index < -0.39 is 22.1 Å². The second-order valence-electron chi connectivity index (χ2n) is 4.13. The first-order valence-electron chi connectivity index (χ1n) is 5.78. The van der Waals surface area contributed by atoms with Gasteiger partial charge >= 0.3 is 5.97 Å². The molecular weight excluding hydrogens is 306 g/mol. The highest BCUT2D eigenvalue weighted by Gasteiger charge is 2.22. The van der Waals surface area contributed by atoms with Gasteiger partial charge in [-0.05, 0) is 19.4 Å². The maximum absolute atomic E-state index is 12.0. The van der Waals surface area contributed by atoms with Crippen LogP contribution in [0.2, 0.25) is 0 Å². The van der Waals surface area contributed by atoms with Gasteiger partial charge in [0.05, 0.1) is 17.6 Å². The number of rotatable bonds is 8. The Morgan fingerprint density at radius 3 is 2.70 bits per heavy atom. The zero-order valence-electron chi connectivity index (χ0n) is 11.1. The Morgan fingerprint density at radius 2 is 2.20 bits per heavy atom. The molecule has 0 spiro atoms. The van der Waals surface area contributed by atoms with E-state index in [-0.39, 0.29) is 29.3 Å². The van der Waals surface area contributed by atoms with Gasteiger partial charge in [-0.15, -0.1) is 11.3 Å². The summed E-state index contributed by atoms with van der Waals surface area (Å²) >= 11 is 0.909. The number of hydrogen-bond donors (Lipinski definition) is 3. The molecule has 0 radical (unpaired) electrons. The van der Waals surface area contributed by atoms with Crippen LogP contribution in [0, 0.1) is 6.92 Å². The van der Waals surface area contributed by atoms with Crippen molar-refractivity contribution in [3.63, 3.8) is 0 Å². The van der Waals surface area contributed by atoms with Crippen molar-refractivity contribution in [1.82, 2.24) is 4.72 Å². The predicted molar refractivity (Wildman–Crippen MR) is 73.7 cm³/mol. The molecule has 3 N–H and O–H groups in total. The summed E-state index contributed by atoms with van der Waals surface area (Å²) in [5, 5.41) is 18.3. The maximum Gasteiger partial charge on any atom is 0.345 e. The molecule has 7 nitrogen and oxygen atoms in total. The van der Waals surface area contributed by atoms with E-state index in [1.807, 2.05) is 0 Å². The number of aliphatic hydroxyl groups is 1. The van der Waals surface area contributed by atoms with Gasteiger partial charge in [-0.2, -0.15) is 0 Å². The third-order valence-corrected chi connectivity index (χ3v) is 5.26. The van der Waals surface area contributed by atoms with Crippen LogP contribution in [-0.4, -0.2) is 51.0 Å². The Kier molecular flexibility index (Phi) is 6.08. The van der Waals surface area contributed by atoms with Crippen molar-refractivity contribution in [3.8, 4) is 0 Å². The lowest BCUT2D eigenvalue weighted by molar-refractivity contribution is 0.0603. The highest BCUT2D eigenvalue weighted by atomic mass is 32.2. The van der Waals surface area contributed by atoms with Gasteiger partial charge in [0.15, 0.2) is 0 Å². The summed E-state index contributed by atoms with van der Waals surface area (Å²) < 4.78 is 31.1. The van der Waals surface area contributed by atoms with E-state index in [1.54, 1.807) is 6.92 Å². The molecule has 114 valence electrons. The van der Waals surface area contributed by atoms with Crippen LogP contribution >= 0.6 is 11.3 Å². The summed E-state index contributed by atoms with van der Waals surface area (Å²) in [5.74, 6) is -1.16. The van der Waals surface area contributed by atoms with E-state index in [2.05, 4.69) is 4.72 Å². The summed E-state index contributed by atoms with van der Waals surface area (Å²) in [6, 6.07) is 1.14. The molecule has 9 heteroatoms. The fourth-order valence-corrected chi connectivity index (χ4v) is 4.03. The topological polar surface area (TPSA) is 113 Å². The number of nitrogens with one attached hydrogen (secondary N) is 1. The zero-order valence-corrected chi connectivity index (χ0v) is 12.8. The normalized spacial score (nSPS) is 13.3. The number of thiophene rings is 1. The van der Waals surface area contributed by atoms with Crippen LogP contribution < -0.4 is 4.72 Å². The van der Waals surface area contributed by atoms with Crippen LogP contribution in [0.5, 0.6) is 0 Å². The van der Waals surface area contributed by atoms with Crippen molar-refractivity contribution in [2.75, 3.05) is 20.3 Å². The zero-order chi connectivity index (χ0) is 15.3. The van der Waals surface area contributed by atoms with Crippen molar-refractivity contribution >= 4 is 27.3 Å². The highest BCUT2D eigenvalue weighted by molar-refractivity contribution is 7.89. The molecule has 0 fully saturated rings. The maximum atomic E-state index is 12.0. The van der Waals surface area contributed by atoms with Crippen molar-refractivity contribution in [1.29, 1.82) is 0 Å². The average molecular weight is 323 g/mol. The molecule has 1 heterocycles. The van der Waals surface area contributed by atoms with Crippen LogP contribution in [-0.2, 0) is 14.8 Å². The van der Waals surface area contributed by atoms with Crippen molar-refractivity contribution in [2.24, 2.45) is 0 Å². The second-order valence-corrected chi connectivity index (χ2v) is 7.12. The third-order valence-electron chi connectivity index (χ3n) is 2.50. The Bertz CT molecular complexity index is 565. The van der Waals surface area contributed by atoms with Crippen LogP contribution in [0.3, 0.4) is 0 Å². The van der Waals surface area contributed by atoms with Crippen LogP contribution in [0.4, 0.5) is 0 Å². The quantitative estimate of drug-likeness (QED) is 0.639. The van der Waals surface area contributed by atoms with Crippen LogP contribution in [0.15, 0.2) is 11.0 Å². The van der Waals surface area contributed by atoms with Crippen molar-refractivity contribution in [2.45, 2.75) is 24.3 Å². The lowest BCUT2D eigenvalue weighted by Crippen LogP contribution is -2.28. The second kappa shape index (κ2) is 7.14. The van der Waals surface area contributed by atoms with Crippen LogP contribution in [0.25, 0.3) is 0 Å². The molecule has 20 heavy (non-hydrogen) atoms. The summed E-state index contributed by atoms with van der Waals surface area (Å²) in [4.78, 5) is 11.2. The van der Waals surface area contributed by atoms with Crippen molar-refractivity contribution < 1.29 is 28.2 Å². The monoisotopic (exact) mass is 323 g/mol. The van der Waals surface area contributed by atoms with E-state index in [0.717, 1.165) is 17.4 Å². The summed E-state index contributed by atoms with van der Waals surface area (Å²) in [5.41, 5.74) is 0. The Morgan fingerprint density at radius 1 is 1.55 bits per heavy atom. The van der Waals surface area contributed by atoms with Gasteiger partial charge < -0.3 is 14.9 Å². The minimum absolute atomic E-state index is 0.0257. The van der Waals surface area contributed by atoms with Gasteiger partial charge in [0.25, 0.3) is 0 Å². The van der Waals surface area contributed by atoms with Gasteiger partial charge in [0.1, 0.15) is 4.88 Å². The number of hydrogen-bond acceptors (Lipinski definition) is 6. The Hall–Kier alpha value is -1.00. The number of aromatic carboxylic acids is 1. The van der Waals surface area contributed by atoms with Crippen LogP contribution in [0.1, 0.15) is 21.0 Å². The first-order chi connectivity index (χ1) is 9.27. The molecule has 1 atom stereocenters. The summed E-state index contributed by atoms with van der Waals surface area (Å²) in [7, 11) is -2.33. The number of carboxylic acid groups (broad SMARTS) is 1. The first-order valence-corrected chi connectivity index (χ1v) is 8.08. The molecule has 0 bridgehead atoms. The molecule has 0 aliphatic heterocycles. The number of ether oxygens (including phenoxy) is 1. The first kappa shape index (κ1) is 17.1. The Balaban J connectivity index is 2.72. The lowest BCUT2D eigenvalue weighted by atomic mass is 10.3. The molecule has 0 aliphatic rings. The molecule has 1 aromatic rings. The minimum Gasteiger partial charge on any atom is -0.477 e. The highest BCUT2D eigenvalue weighted by Crippen LogP contribution is 2.25. The fourth-order valence-electron chi connectivity index (χ4n) is 1.55. The molecule has 1 unspecified atom stereocenters. The minimum atomic E-state index is -3.77. The largest absolute Gasteiger partial charge is 0.477 e. The molecule has 0 amide bonds. The Labute approximate surface area is 121 Å². The van der Waals surface area contributed by atoms with E-state index in [9.17, 15) is 18.3 Å². The number of aliphatic hydroxyl groups excluding tert-OH is 1. The van der Waals surface area contributed by atoms with Gasteiger partial charge in [-0.25, -0.2) is 17.9 Å². The number of sulfonamides is 1. The SMILES string of the molecule is COCC(O)CCNS(=O)(=O)c1cc(C(=O)O)sc1C. The standard InChI is InChI=1S/C11H17NO6S2/c1-7-10(5-9(19-7)11(14)15)20(16,17)12-4-3-8(13)6-18-2/h5,8,12-13H,3-4,6H2,1-2H3,(H,14,15). The predicted octanol–water partition coefficient (Wildman–Crippen LogP) is 0.430.